The number of esters is 1. The van der Waals surface area contributed by atoms with Crippen LogP contribution in [0.4, 0.5) is 5.82 Å². The molecule has 0 aliphatic rings. The van der Waals surface area contributed by atoms with Crippen molar-refractivity contribution in [3.05, 3.63) is 41.6 Å². The van der Waals surface area contributed by atoms with Gasteiger partial charge in [-0.3, -0.25) is 9.48 Å². The largest absolute Gasteiger partial charge is 0.452 e. The van der Waals surface area contributed by atoms with Gasteiger partial charge in [-0.1, -0.05) is 12.0 Å². The van der Waals surface area contributed by atoms with Crippen LogP contribution in [0.1, 0.15) is 16.1 Å². The quantitative estimate of drug-likeness (QED) is 0.523. The molecule has 0 aliphatic carbocycles. The number of amides is 1. The molecule has 0 radical (unpaired) electrons. The Morgan fingerprint density at radius 1 is 1.33 bits per heavy atom. The number of nitrogens with one attached hydrogen (secondary N) is 2. The smallest absolute Gasteiger partial charge is 0.338 e. The Morgan fingerprint density at radius 2 is 2.07 bits per heavy atom. The van der Waals surface area contributed by atoms with E-state index in [2.05, 4.69) is 21.1 Å². The molecule has 0 atom stereocenters. The van der Waals surface area contributed by atoms with Crippen molar-refractivity contribution in [3.8, 4) is 12.3 Å². The van der Waals surface area contributed by atoms with Gasteiger partial charge < -0.3 is 10.1 Å². The molecule has 1 aromatic heterocycles. The summed E-state index contributed by atoms with van der Waals surface area (Å²) in [5.74, 6) is 1.23. The standard InChI is InChI=1S/C17H18N4O5S/c1-4-8-18-27(24,25)14-7-5-6-13(10-14)17(23)26-11-16(22)19-15-9-12(2)20-21(15)3/h1,5-7,9-10,18H,8,11H2,2-3H3,(H,19,22). The summed E-state index contributed by atoms with van der Waals surface area (Å²) in [6.07, 6.45) is 5.03. The van der Waals surface area contributed by atoms with Crippen LogP contribution in [0.2, 0.25) is 0 Å². The lowest BCUT2D eigenvalue weighted by Gasteiger charge is -2.08. The van der Waals surface area contributed by atoms with Crippen LogP contribution in [0.3, 0.4) is 0 Å². The van der Waals surface area contributed by atoms with Crippen LogP contribution < -0.4 is 10.0 Å². The lowest BCUT2D eigenvalue weighted by Crippen LogP contribution is -2.24. The number of sulfonamides is 1. The van der Waals surface area contributed by atoms with Gasteiger partial charge in [-0.05, 0) is 25.1 Å². The molecule has 0 spiro atoms. The minimum absolute atomic E-state index is 0.0113. The van der Waals surface area contributed by atoms with Gasteiger partial charge in [0.25, 0.3) is 5.91 Å². The molecule has 2 N–H and O–H groups in total. The highest BCUT2D eigenvalue weighted by molar-refractivity contribution is 7.89. The van der Waals surface area contributed by atoms with Crippen LogP contribution in [-0.4, -0.2) is 43.2 Å². The lowest BCUT2D eigenvalue weighted by atomic mass is 10.2. The zero-order valence-electron chi connectivity index (χ0n) is 14.7. The molecule has 9 nitrogen and oxygen atoms in total. The van der Waals surface area contributed by atoms with E-state index in [0.717, 1.165) is 11.8 Å². The van der Waals surface area contributed by atoms with E-state index in [0.29, 0.717) is 5.82 Å². The Balaban J connectivity index is 2.00. The van der Waals surface area contributed by atoms with E-state index in [4.69, 9.17) is 11.2 Å². The fraction of sp³-hybridized carbons (Fsp3) is 0.235. The van der Waals surface area contributed by atoms with Gasteiger partial charge in [0.15, 0.2) is 6.61 Å². The van der Waals surface area contributed by atoms with Crippen LogP contribution in [0.25, 0.3) is 0 Å². The number of benzene rings is 1. The highest BCUT2D eigenvalue weighted by Gasteiger charge is 2.17. The van der Waals surface area contributed by atoms with E-state index >= 15 is 0 Å². The van der Waals surface area contributed by atoms with Gasteiger partial charge >= 0.3 is 5.97 Å². The predicted octanol–water partition coefficient (Wildman–Crippen LogP) is 0.436. The van der Waals surface area contributed by atoms with Crippen LogP contribution in [0.5, 0.6) is 0 Å². The van der Waals surface area contributed by atoms with Crippen molar-refractivity contribution in [3.63, 3.8) is 0 Å². The van der Waals surface area contributed by atoms with Crippen molar-refractivity contribution in [2.45, 2.75) is 11.8 Å². The molecule has 0 saturated heterocycles. The maximum Gasteiger partial charge on any atom is 0.338 e. The summed E-state index contributed by atoms with van der Waals surface area (Å²) in [6.45, 7) is 1.06. The molecule has 2 aromatic rings. The van der Waals surface area contributed by atoms with Crippen molar-refractivity contribution in [2.24, 2.45) is 7.05 Å². The topological polar surface area (TPSA) is 119 Å². The van der Waals surface area contributed by atoms with Crippen molar-refractivity contribution in [2.75, 3.05) is 18.5 Å². The summed E-state index contributed by atoms with van der Waals surface area (Å²) < 4.78 is 32.7. The van der Waals surface area contributed by atoms with Gasteiger partial charge in [-0.15, -0.1) is 6.42 Å². The third-order valence-electron chi connectivity index (χ3n) is 3.35. The van der Waals surface area contributed by atoms with Gasteiger partial charge in [-0.2, -0.15) is 9.82 Å². The molecule has 10 heteroatoms. The average molecular weight is 390 g/mol. The first-order valence-electron chi connectivity index (χ1n) is 7.74. The second-order valence-electron chi connectivity index (χ2n) is 5.48. The minimum Gasteiger partial charge on any atom is -0.452 e. The van der Waals surface area contributed by atoms with E-state index in [9.17, 15) is 18.0 Å². The van der Waals surface area contributed by atoms with Crippen LogP contribution in [-0.2, 0) is 26.6 Å². The number of hydrogen-bond acceptors (Lipinski definition) is 6. The van der Waals surface area contributed by atoms with E-state index in [-0.39, 0.29) is 17.0 Å². The second-order valence-corrected chi connectivity index (χ2v) is 7.24. The normalized spacial score (nSPS) is 10.9. The fourth-order valence-corrected chi connectivity index (χ4v) is 3.11. The van der Waals surface area contributed by atoms with Gasteiger partial charge in [0.2, 0.25) is 10.0 Å². The van der Waals surface area contributed by atoms with E-state index < -0.39 is 28.5 Å². The molecule has 0 fully saturated rings. The summed E-state index contributed by atoms with van der Waals surface area (Å²) in [5, 5.41) is 6.64. The predicted molar refractivity (Wildman–Crippen MR) is 97.3 cm³/mol. The summed E-state index contributed by atoms with van der Waals surface area (Å²) in [6, 6.07) is 6.89. The number of anilines is 1. The molecule has 0 unspecified atom stereocenters. The van der Waals surface area contributed by atoms with E-state index in [1.54, 1.807) is 20.0 Å². The monoisotopic (exact) mass is 390 g/mol. The number of carbonyl (C=O) groups is 2. The van der Waals surface area contributed by atoms with Crippen LogP contribution >= 0.6 is 0 Å². The number of terminal acetylenes is 1. The number of aromatic nitrogens is 2. The van der Waals surface area contributed by atoms with Crippen molar-refractivity contribution in [1.29, 1.82) is 0 Å². The van der Waals surface area contributed by atoms with Crippen LogP contribution in [0, 0.1) is 19.3 Å². The molecule has 0 bridgehead atoms. The summed E-state index contributed by atoms with van der Waals surface area (Å²) >= 11 is 0. The average Bonchev–Trinajstić information content (AvgIpc) is 2.95. The molecule has 27 heavy (non-hydrogen) atoms. The zero-order valence-corrected chi connectivity index (χ0v) is 15.5. The lowest BCUT2D eigenvalue weighted by molar-refractivity contribution is -0.119. The Bertz CT molecular complexity index is 1000. The first-order valence-corrected chi connectivity index (χ1v) is 9.22. The van der Waals surface area contributed by atoms with Crippen molar-refractivity contribution < 1.29 is 22.7 Å². The van der Waals surface area contributed by atoms with Gasteiger partial charge in [0, 0.05) is 13.1 Å². The van der Waals surface area contributed by atoms with Crippen molar-refractivity contribution >= 4 is 27.7 Å². The number of ether oxygens (including phenoxy) is 1. The van der Waals surface area contributed by atoms with E-state index in [1.165, 1.54) is 22.9 Å². The molecule has 0 aliphatic heterocycles. The summed E-state index contributed by atoms with van der Waals surface area (Å²) in [5.41, 5.74) is 0.712. The maximum atomic E-state index is 12.1. The van der Waals surface area contributed by atoms with E-state index in [1.807, 2.05) is 0 Å². The summed E-state index contributed by atoms with van der Waals surface area (Å²) in [4.78, 5) is 23.9. The van der Waals surface area contributed by atoms with Gasteiger partial charge in [-0.25, -0.2) is 13.2 Å². The third-order valence-corrected chi connectivity index (χ3v) is 4.75. The summed E-state index contributed by atoms with van der Waals surface area (Å²) in [7, 11) is -2.18. The molecule has 1 amide bonds. The molecular weight excluding hydrogens is 372 g/mol. The number of hydrogen-bond donors (Lipinski definition) is 2. The Morgan fingerprint density at radius 3 is 2.70 bits per heavy atom. The van der Waals surface area contributed by atoms with Gasteiger partial charge in [0.05, 0.1) is 22.7 Å². The Hall–Kier alpha value is -3.16. The second kappa shape index (κ2) is 8.48. The molecule has 1 aromatic carbocycles. The molecule has 0 saturated carbocycles. The highest BCUT2D eigenvalue weighted by atomic mass is 32.2. The minimum atomic E-state index is -3.84. The van der Waals surface area contributed by atoms with Gasteiger partial charge in [0.1, 0.15) is 5.82 Å². The Labute approximate surface area is 156 Å². The fourth-order valence-electron chi connectivity index (χ4n) is 2.13. The molecule has 2 rings (SSSR count). The zero-order chi connectivity index (χ0) is 20.0. The molecule has 142 valence electrons. The highest BCUT2D eigenvalue weighted by Crippen LogP contribution is 2.13. The third kappa shape index (κ3) is 5.40. The number of aryl methyl sites for hydroxylation is 2. The number of rotatable bonds is 7. The number of carbonyl (C=O) groups excluding carboxylic acids is 2. The maximum absolute atomic E-state index is 12.1. The first-order chi connectivity index (χ1) is 12.7. The molecule has 1 heterocycles. The number of nitrogens with zero attached hydrogens (tertiary/aromatic N) is 2. The first kappa shape index (κ1) is 20.2. The Kier molecular flexibility index (Phi) is 6.33. The SMILES string of the molecule is C#CCNS(=O)(=O)c1cccc(C(=O)OCC(=O)Nc2cc(C)nn2C)c1. The van der Waals surface area contributed by atoms with Crippen LogP contribution in [0.15, 0.2) is 35.2 Å². The molecular formula is C17H18N4O5S. The van der Waals surface area contributed by atoms with Crippen molar-refractivity contribution in [1.82, 2.24) is 14.5 Å².